The number of hydrogen-bond acceptors (Lipinski definition) is 4. The summed E-state index contributed by atoms with van der Waals surface area (Å²) in [6.45, 7) is 4.13. The molecule has 0 aliphatic carbocycles. The van der Waals surface area contributed by atoms with Gasteiger partial charge in [0.1, 0.15) is 6.73 Å². The van der Waals surface area contributed by atoms with Gasteiger partial charge in [-0.3, -0.25) is 4.79 Å². The summed E-state index contributed by atoms with van der Waals surface area (Å²) in [5, 5.41) is 3.71. The Bertz CT molecular complexity index is 1170. The maximum absolute atomic E-state index is 13.8. The first-order chi connectivity index (χ1) is 15.2. The van der Waals surface area contributed by atoms with Crippen molar-refractivity contribution >= 4 is 28.8 Å². The third-order valence-corrected chi connectivity index (χ3v) is 6.59. The molecule has 1 aliphatic rings. The van der Waals surface area contributed by atoms with E-state index in [0.29, 0.717) is 28.6 Å². The highest BCUT2D eigenvalue weighted by Crippen LogP contribution is 2.44. The standard InChI is InChI=1S/C22H19ClF3N3O2S/c1-3-20(30)28-9-16(15-8-19(23)32-18(15)11-28)13-6-4-5-7-14(13)17-10-29(12-31-2)27-21(17)22(24,25)26/h3-8,10,16H,1,9,11-12H2,2H3/t16-/m1/s1. The molecule has 32 heavy (non-hydrogen) atoms. The van der Waals surface area contributed by atoms with E-state index in [9.17, 15) is 18.0 Å². The number of hydrogen-bond donors (Lipinski definition) is 0. The molecule has 1 amide bonds. The second-order valence-corrected chi connectivity index (χ2v) is 9.11. The van der Waals surface area contributed by atoms with Crippen molar-refractivity contribution in [3.8, 4) is 11.1 Å². The van der Waals surface area contributed by atoms with Gasteiger partial charge < -0.3 is 9.64 Å². The summed E-state index contributed by atoms with van der Waals surface area (Å²) < 4.78 is 48.1. The third-order valence-electron chi connectivity index (χ3n) is 5.33. The molecule has 1 atom stereocenters. The zero-order valence-electron chi connectivity index (χ0n) is 17.0. The highest BCUT2D eigenvalue weighted by atomic mass is 35.5. The van der Waals surface area contributed by atoms with E-state index in [1.807, 2.05) is 6.07 Å². The fourth-order valence-corrected chi connectivity index (χ4v) is 5.38. The molecule has 10 heteroatoms. The first kappa shape index (κ1) is 22.6. The van der Waals surface area contributed by atoms with Gasteiger partial charge in [-0.05, 0) is 28.8 Å². The van der Waals surface area contributed by atoms with Crippen LogP contribution in [0.25, 0.3) is 11.1 Å². The second-order valence-electron chi connectivity index (χ2n) is 7.34. The van der Waals surface area contributed by atoms with Crippen LogP contribution in [0.15, 0.2) is 49.2 Å². The fraction of sp³-hybridized carbons (Fsp3) is 0.273. The number of methoxy groups -OCH3 is 1. The van der Waals surface area contributed by atoms with Gasteiger partial charge in [0.2, 0.25) is 5.91 Å². The molecular formula is C22H19ClF3N3O2S. The summed E-state index contributed by atoms with van der Waals surface area (Å²) >= 11 is 7.63. The average molecular weight is 482 g/mol. The lowest BCUT2D eigenvalue weighted by Gasteiger charge is -2.33. The maximum atomic E-state index is 13.8. The largest absolute Gasteiger partial charge is 0.435 e. The molecule has 5 nitrogen and oxygen atoms in total. The smallest absolute Gasteiger partial charge is 0.362 e. The van der Waals surface area contributed by atoms with Crippen LogP contribution in [0.1, 0.15) is 27.6 Å². The molecule has 0 saturated carbocycles. The Hall–Kier alpha value is -2.62. The van der Waals surface area contributed by atoms with Crippen LogP contribution in [0.4, 0.5) is 13.2 Å². The van der Waals surface area contributed by atoms with Gasteiger partial charge in [-0.25, -0.2) is 4.68 Å². The van der Waals surface area contributed by atoms with Crippen molar-refractivity contribution in [1.29, 1.82) is 0 Å². The summed E-state index contributed by atoms with van der Waals surface area (Å²) in [5.74, 6) is -0.596. The third kappa shape index (κ3) is 4.20. The number of carbonyl (C=O) groups excluding carboxylic acids is 1. The van der Waals surface area contributed by atoms with Gasteiger partial charge in [-0.15, -0.1) is 11.3 Å². The number of aromatic nitrogens is 2. The van der Waals surface area contributed by atoms with Gasteiger partial charge in [0, 0.05) is 36.2 Å². The van der Waals surface area contributed by atoms with Crippen molar-refractivity contribution in [3.05, 3.63) is 75.2 Å². The first-order valence-electron chi connectivity index (χ1n) is 9.65. The SMILES string of the molecule is C=CC(=O)N1Cc2sc(Cl)cc2[C@@H](c2ccccc2-c2cn(COC)nc2C(F)(F)F)C1. The van der Waals surface area contributed by atoms with Crippen LogP contribution < -0.4 is 0 Å². The first-order valence-corrected chi connectivity index (χ1v) is 10.8. The lowest BCUT2D eigenvalue weighted by Crippen LogP contribution is -2.37. The van der Waals surface area contributed by atoms with Crippen LogP contribution in [0.2, 0.25) is 4.34 Å². The lowest BCUT2D eigenvalue weighted by atomic mass is 9.84. The van der Waals surface area contributed by atoms with E-state index in [-0.39, 0.29) is 24.1 Å². The van der Waals surface area contributed by atoms with Gasteiger partial charge in [-0.2, -0.15) is 18.3 Å². The summed E-state index contributed by atoms with van der Waals surface area (Å²) in [5.41, 5.74) is 0.944. The van der Waals surface area contributed by atoms with E-state index in [1.54, 1.807) is 29.2 Å². The number of halogens is 4. The number of thiophene rings is 1. The van der Waals surface area contributed by atoms with E-state index >= 15 is 0 Å². The van der Waals surface area contributed by atoms with Crippen LogP contribution in [-0.2, 0) is 29.0 Å². The summed E-state index contributed by atoms with van der Waals surface area (Å²) in [4.78, 5) is 14.9. The molecule has 1 aromatic carbocycles. The molecule has 0 bridgehead atoms. The molecule has 0 spiro atoms. The van der Waals surface area contributed by atoms with Crippen LogP contribution in [0, 0.1) is 0 Å². The van der Waals surface area contributed by atoms with Crippen molar-refractivity contribution in [1.82, 2.24) is 14.7 Å². The van der Waals surface area contributed by atoms with Gasteiger partial charge in [0.15, 0.2) is 5.69 Å². The van der Waals surface area contributed by atoms with Crippen LogP contribution in [0.5, 0.6) is 0 Å². The molecule has 0 saturated heterocycles. The highest BCUT2D eigenvalue weighted by Gasteiger charge is 2.39. The molecular weight excluding hydrogens is 463 g/mol. The quantitative estimate of drug-likeness (QED) is 0.449. The Morgan fingerprint density at radius 1 is 1.34 bits per heavy atom. The highest BCUT2D eigenvalue weighted by molar-refractivity contribution is 7.16. The molecule has 0 fully saturated rings. The number of benzene rings is 1. The van der Waals surface area contributed by atoms with Crippen LogP contribution >= 0.6 is 22.9 Å². The van der Waals surface area contributed by atoms with Crippen LogP contribution in [0.3, 0.4) is 0 Å². The maximum Gasteiger partial charge on any atom is 0.435 e. The lowest BCUT2D eigenvalue weighted by molar-refractivity contribution is -0.141. The van der Waals surface area contributed by atoms with Crippen molar-refractivity contribution in [2.75, 3.05) is 13.7 Å². The number of nitrogens with zero attached hydrogens (tertiary/aromatic N) is 3. The van der Waals surface area contributed by atoms with Crippen molar-refractivity contribution in [2.24, 2.45) is 0 Å². The minimum Gasteiger partial charge on any atom is -0.362 e. The van der Waals surface area contributed by atoms with Gasteiger partial charge in [0.25, 0.3) is 0 Å². The molecule has 4 rings (SSSR count). The average Bonchev–Trinajstić information content (AvgIpc) is 3.35. The summed E-state index contributed by atoms with van der Waals surface area (Å²) in [7, 11) is 1.39. The van der Waals surface area contributed by atoms with Crippen molar-refractivity contribution in [2.45, 2.75) is 25.4 Å². The molecule has 3 heterocycles. The van der Waals surface area contributed by atoms with E-state index in [4.69, 9.17) is 16.3 Å². The fourth-order valence-electron chi connectivity index (χ4n) is 4.02. The van der Waals surface area contributed by atoms with Gasteiger partial charge >= 0.3 is 6.18 Å². The van der Waals surface area contributed by atoms with Gasteiger partial charge in [0.05, 0.1) is 10.9 Å². The number of fused-ring (bicyclic) bond motifs is 1. The van der Waals surface area contributed by atoms with Gasteiger partial charge in [-0.1, -0.05) is 42.4 Å². The molecule has 3 aromatic rings. The summed E-state index contributed by atoms with van der Waals surface area (Å²) in [6, 6.07) is 8.71. The number of alkyl halides is 3. The van der Waals surface area contributed by atoms with Crippen LogP contribution in [-0.4, -0.2) is 34.2 Å². The Kier molecular flexibility index (Phi) is 6.15. The van der Waals surface area contributed by atoms with E-state index in [0.717, 1.165) is 15.1 Å². The summed E-state index contributed by atoms with van der Waals surface area (Å²) in [6.07, 6.45) is -2.07. The minimum atomic E-state index is -4.64. The predicted octanol–water partition coefficient (Wildman–Crippen LogP) is 5.55. The molecule has 1 aliphatic heterocycles. The molecule has 2 aromatic heterocycles. The molecule has 0 unspecified atom stereocenters. The molecule has 168 valence electrons. The topological polar surface area (TPSA) is 47.4 Å². The monoisotopic (exact) mass is 481 g/mol. The van der Waals surface area contributed by atoms with Crippen molar-refractivity contribution < 1.29 is 22.7 Å². The molecule has 0 N–H and O–H groups in total. The predicted molar refractivity (Wildman–Crippen MR) is 116 cm³/mol. The Balaban J connectivity index is 1.88. The van der Waals surface area contributed by atoms with Crippen molar-refractivity contribution in [3.63, 3.8) is 0 Å². The number of rotatable bonds is 5. The Labute approximate surface area is 191 Å². The minimum absolute atomic E-state index is 0.0415. The second kappa shape index (κ2) is 8.73. The number of ether oxygens (including phenoxy) is 1. The Morgan fingerprint density at radius 3 is 2.78 bits per heavy atom. The zero-order chi connectivity index (χ0) is 23.0. The molecule has 0 radical (unpaired) electrons. The van der Waals surface area contributed by atoms with E-state index in [2.05, 4.69) is 11.7 Å². The van der Waals surface area contributed by atoms with E-state index < -0.39 is 11.9 Å². The normalized spacial score (nSPS) is 16.2. The zero-order valence-corrected chi connectivity index (χ0v) is 18.6. The van der Waals surface area contributed by atoms with E-state index in [1.165, 1.54) is 30.7 Å². The Morgan fingerprint density at radius 2 is 2.09 bits per heavy atom. The number of carbonyl (C=O) groups is 1. The number of amides is 1.